The van der Waals surface area contributed by atoms with Crippen LogP contribution in [0.2, 0.25) is 0 Å². The van der Waals surface area contributed by atoms with Crippen molar-refractivity contribution in [3.63, 3.8) is 0 Å². The number of aromatic nitrogens is 1. The Morgan fingerprint density at radius 1 is 1.53 bits per heavy atom. The Balaban J connectivity index is 0.00000180. The van der Waals surface area contributed by atoms with Crippen molar-refractivity contribution in [2.75, 3.05) is 6.54 Å². The number of rotatable bonds is 3. The smallest absolute Gasteiger partial charge is 0.251 e. The highest BCUT2D eigenvalue weighted by molar-refractivity contribution is 5.94. The first-order valence-corrected chi connectivity index (χ1v) is 6.29. The normalized spacial score (nSPS) is 21.8. The molecule has 1 amide bonds. The van der Waals surface area contributed by atoms with Crippen molar-refractivity contribution in [2.45, 2.75) is 25.3 Å². The van der Waals surface area contributed by atoms with Crippen LogP contribution in [-0.2, 0) is 7.05 Å². The SMILES string of the molecule is Cl.Cn1ccc(C(=O)NC2CCCC2CN)cc1=O. The van der Waals surface area contributed by atoms with E-state index in [1.54, 1.807) is 19.3 Å². The molecule has 1 aromatic rings. The van der Waals surface area contributed by atoms with E-state index in [0.29, 0.717) is 18.0 Å². The van der Waals surface area contributed by atoms with Gasteiger partial charge in [0, 0.05) is 30.9 Å². The summed E-state index contributed by atoms with van der Waals surface area (Å²) in [5.74, 6) is 0.179. The molecule has 5 nitrogen and oxygen atoms in total. The summed E-state index contributed by atoms with van der Waals surface area (Å²) in [6.45, 7) is 0.599. The zero-order valence-electron chi connectivity index (χ0n) is 11.0. The molecule has 0 spiro atoms. The largest absolute Gasteiger partial charge is 0.349 e. The van der Waals surface area contributed by atoms with Crippen molar-refractivity contribution < 1.29 is 4.79 Å². The number of hydrogen-bond acceptors (Lipinski definition) is 3. The first-order valence-electron chi connectivity index (χ1n) is 6.29. The van der Waals surface area contributed by atoms with E-state index >= 15 is 0 Å². The van der Waals surface area contributed by atoms with Crippen LogP contribution in [0.4, 0.5) is 0 Å². The lowest BCUT2D eigenvalue weighted by molar-refractivity contribution is 0.0928. The number of aryl methyl sites for hydroxylation is 1. The van der Waals surface area contributed by atoms with Gasteiger partial charge in [0.15, 0.2) is 0 Å². The van der Waals surface area contributed by atoms with Crippen LogP contribution >= 0.6 is 12.4 Å². The van der Waals surface area contributed by atoms with Gasteiger partial charge in [-0.2, -0.15) is 0 Å². The van der Waals surface area contributed by atoms with E-state index in [9.17, 15) is 9.59 Å². The Kier molecular flexibility index (Phi) is 5.57. The fourth-order valence-corrected chi connectivity index (χ4v) is 2.45. The molecule has 1 aliphatic rings. The number of nitrogens with one attached hydrogen (secondary N) is 1. The number of carbonyl (C=O) groups excluding carboxylic acids is 1. The molecule has 1 fully saturated rings. The molecule has 6 heteroatoms. The highest BCUT2D eigenvalue weighted by Gasteiger charge is 2.27. The van der Waals surface area contributed by atoms with Crippen molar-refractivity contribution >= 4 is 18.3 Å². The van der Waals surface area contributed by atoms with E-state index in [-0.39, 0.29) is 29.9 Å². The maximum Gasteiger partial charge on any atom is 0.251 e. The van der Waals surface area contributed by atoms with Crippen LogP contribution in [0, 0.1) is 5.92 Å². The maximum atomic E-state index is 12.0. The average molecular weight is 286 g/mol. The molecule has 2 unspecified atom stereocenters. The fourth-order valence-electron chi connectivity index (χ4n) is 2.45. The van der Waals surface area contributed by atoms with E-state index in [2.05, 4.69) is 5.32 Å². The van der Waals surface area contributed by atoms with Gasteiger partial charge in [0.25, 0.3) is 11.5 Å². The van der Waals surface area contributed by atoms with Gasteiger partial charge in [-0.25, -0.2) is 0 Å². The Labute approximate surface area is 118 Å². The van der Waals surface area contributed by atoms with Crippen molar-refractivity contribution in [3.8, 4) is 0 Å². The summed E-state index contributed by atoms with van der Waals surface area (Å²) in [6, 6.07) is 3.16. The van der Waals surface area contributed by atoms with Crippen molar-refractivity contribution in [2.24, 2.45) is 18.7 Å². The molecule has 3 N–H and O–H groups in total. The molecule has 1 aliphatic carbocycles. The van der Waals surface area contributed by atoms with E-state index < -0.39 is 0 Å². The van der Waals surface area contributed by atoms with Gasteiger partial charge in [-0.1, -0.05) is 6.42 Å². The molecule has 106 valence electrons. The van der Waals surface area contributed by atoms with Gasteiger partial charge in [0.05, 0.1) is 0 Å². The lowest BCUT2D eigenvalue weighted by Crippen LogP contribution is -2.40. The number of nitrogens with two attached hydrogens (primary N) is 1. The molecule has 0 radical (unpaired) electrons. The van der Waals surface area contributed by atoms with Gasteiger partial charge in [-0.15, -0.1) is 12.4 Å². The minimum absolute atomic E-state index is 0. The molecule has 0 saturated heterocycles. The summed E-state index contributed by atoms with van der Waals surface area (Å²) in [5.41, 5.74) is 5.92. The van der Waals surface area contributed by atoms with Gasteiger partial charge < -0.3 is 15.6 Å². The standard InChI is InChI=1S/C13H19N3O2.ClH/c1-16-6-5-9(7-12(16)17)13(18)15-11-4-2-3-10(11)8-14;/h5-7,10-11H,2-4,8,14H2,1H3,(H,15,18);1H. The van der Waals surface area contributed by atoms with Gasteiger partial charge in [0.2, 0.25) is 0 Å². The van der Waals surface area contributed by atoms with Crippen molar-refractivity contribution in [1.29, 1.82) is 0 Å². The highest BCUT2D eigenvalue weighted by Crippen LogP contribution is 2.24. The number of carbonyl (C=O) groups is 1. The monoisotopic (exact) mass is 285 g/mol. The van der Waals surface area contributed by atoms with Crippen LogP contribution < -0.4 is 16.6 Å². The fraction of sp³-hybridized carbons (Fsp3) is 0.538. The minimum atomic E-state index is -0.182. The van der Waals surface area contributed by atoms with Crippen molar-refractivity contribution in [3.05, 3.63) is 34.2 Å². The first kappa shape index (κ1) is 15.7. The summed E-state index contributed by atoms with van der Waals surface area (Å²) in [7, 11) is 1.66. The van der Waals surface area contributed by atoms with Gasteiger partial charge >= 0.3 is 0 Å². The Morgan fingerprint density at radius 3 is 2.89 bits per heavy atom. The third-order valence-electron chi connectivity index (χ3n) is 3.64. The molecule has 0 aromatic carbocycles. The molecule has 2 atom stereocenters. The average Bonchev–Trinajstić information content (AvgIpc) is 2.79. The summed E-state index contributed by atoms with van der Waals surface area (Å²) in [4.78, 5) is 23.5. The molecule has 2 rings (SSSR count). The quantitative estimate of drug-likeness (QED) is 0.857. The van der Waals surface area contributed by atoms with Gasteiger partial charge in [-0.05, 0) is 31.4 Å². The van der Waals surface area contributed by atoms with Crippen LogP contribution in [0.25, 0.3) is 0 Å². The van der Waals surface area contributed by atoms with Crippen LogP contribution in [0.5, 0.6) is 0 Å². The molecule has 19 heavy (non-hydrogen) atoms. The van der Waals surface area contributed by atoms with E-state index in [1.165, 1.54) is 10.6 Å². The Bertz CT molecular complexity index is 501. The summed E-state index contributed by atoms with van der Waals surface area (Å²) in [6.07, 6.45) is 4.74. The van der Waals surface area contributed by atoms with Crippen LogP contribution in [0.1, 0.15) is 29.6 Å². The molecular weight excluding hydrogens is 266 g/mol. The summed E-state index contributed by atoms with van der Waals surface area (Å²) >= 11 is 0. The van der Waals surface area contributed by atoms with Crippen LogP contribution in [-0.4, -0.2) is 23.1 Å². The van der Waals surface area contributed by atoms with E-state index in [4.69, 9.17) is 5.73 Å². The Hall–Kier alpha value is -1.33. The second-order valence-electron chi connectivity index (χ2n) is 4.87. The number of hydrogen-bond donors (Lipinski definition) is 2. The number of pyridine rings is 1. The third-order valence-corrected chi connectivity index (χ3v) is 3.64. The van der Waals surface area contributed by atoms with E-state index in [1.807, 2.05) is 0 Å². The van der Waals surface area contributed by atoms with Crippen LogP contribution in [0.15, 0.2) is 23.1 Å². The highest BCUT2D eigenvalue weighted by atomic mass is 35.5. The molecule has 1 aromatic heterocycles. The van der Waals surface area contributed by atoms with Crippen LogP contribution in [0.3, 0.4) is 0 Å². The molecule has 1 heterocycles. The lowest BCUT2D eigenvalue weighted by atomic mass is 10.0. The lowest BCUT2D eigenvalue weighted by Gasteiger charge is -2.19. The maximum absolute atomic E-state index is 12.0. The predicted molar refractivity (Wildman–Crippen MR) is 76.6 cm³/mol. The number of amides is 1. The number of nitrogens with zero attached hydrogens (tertiary/aromatic N) is 1. The van der Waals surface area contributed by atoms with Gasteiger partial charge in [0.1, 0.15) is 0 Å². The predicted octanol–water partition coefficient (Wildman–Crippen LogP) is 0.664. The Morgan fingerprint density at radius 2 is 2.26 bits per heavy atom. The molecule has 0 bridgehead atoms. The molecular formula is C13H20ClN3O2. The molecule has 1 saturated carbocycles. The summed E-state index contributed by atoms with van der Waals surface area (Å²) < 4.78 is 1.44. The molecule has 0 aliphatic heterocycles. The topological polar surface area (TPSA) is 77.1 Å². The zero-order chi connectivity index (χ0) is 13.1. The first-order chi connectivity index (χ1) is 8.61. The minimum Gasteiger partial charge on any atom is -0.349 e. The number of halogens is 1. The zero-order valence-corrected chi connectivity index (χ0v) is 11.8. The van der Waals surface area contributed by atoms with Gasteiger partial charge in [-0.3, -0.25) is 9.59 Å². The van der Waals surface area contributed by atoms with Crippen molar-refractivity contribution in [1.82, 2.24) is 9.88 Å². The van der Waals surface area contributed by atoms with E-state index in [0.717, 1.165) is 19.3 Å². The second-order valence-corrected chi connectivity index (χ2v) is 4.87. The second kappa shape index (κ2) is 6.73. The third kappa shape index (κ3) is 3.58. The summed E-state index contributed by atoms with van der Waals surface area (Å²) in [5, 5.41) is 2.98.